The van der Waals surface area contributed by atoms with Crippen LogP contribution in [0, 0.1) is 0 Å². The first kappa shape index (κ1) is 20.9. The highest BCUT2D eigenvalue weighted by Crippen LogP contribution is 2.31. The highest BCUT2D eigenvalue weighted by molar-refractivity contribution is 6.00. The maximum atomic E-state index is 13.5. The van der Waals surface area contributed by atoms with E-state index in [4.69, 9.17) is 0 Å². The average Bonchev–Trinajstić information content (AvgIpc) is 3.06. The van der Waals surface area contributed by atoms with E-state index in [1.165, 1.54) is 20.3 Å². The van der Waals surface area contributed by atoms with Crippen molar-refractivity contribution in [2.75, 3.05) is 0 Å². The molecule has 7 nitrogen and oxygen atoms in total. The highest BCUT2D eigenvalue weighted by Gasteiger charge is 2.30. The van der Waals surface area contributed by atoms with Crippen molar-refractivity contribution in [1.82, 2.24) is 14.7 Å². The quantitative estimate of drug-likeness (QED) is 0.654. The Labute approximate surface area is 180 Å². The number of fused-ring (bicyclic) bond motifs is 1. The molecule has 2 N–H and O–H groups in total. The van der Waals surface area contributed by atoms with Crippen LogP contribution in [0.4, 0.5) is 0 Å². The number of hydrogen-bond donors (Lipinski definition) is 2. The van der Waals surface area contributed by atoms with E-state index < -0.39 is 17.4 Å². The summed E-state index contributed by atoms with van der Waals surface area (Å²) < 4.78 is 3.79. The Hall–Kier alpha value is -3.35. The zero-order valence-corrected chi connectivity index (χ0v) is 17.8. The summed E-state index contributed by atoms with van der Waals surface area (Å²) in [5.74, 6) is -1.65. The summed E-state index contributed by atoms with van der Waals surface area (Å²) in [6, 6.07) is 14.8. The number of carbonyl (C=O) groups is 2. The fraction of sp³-hybridized carbons (Fsp3) is 0.375. The maximum absolute atomic E-state index is 13.5. The molecule has 4 rings (SSSR count). The number of benzene rings is 2. The smallest absolute Gasteiger partial charge is 0.328 e. The SMILES string of the molecule is CC(C)(NC(=O)c1ccc2c(c1)c(=O)n(-c1ccccc1)n2C1CCCCC1)C(=O)O. The summed E-state index contributed by atoms with van der Waals surface area (Å²) in [6.45, 7) is 2.85. The molecule has 0 spiro atoms. The van der Waals surface area contributed by atoms with Crippen molar-refractivity contribution in [2.45, 2.75) is 57.5 Å². The van der Waals surface area contributed by atoms with Gasteiger partial charge in [0.25, 0.3) is 11.5 Å². The Morgan fingerprint density at radius 1 is 1.03 bits per heavy atom. The van der Waals surface area contributed by atoms with Gasteiger partial charge in [-0.25, -0.2) is 9.48 Å². The van der Waals surface area contributed by atoms with Gasteiger partial charge in [-0.15, -0.1) is 0 Å². The van der Waals surface area contributed by atoms with Crippen LogP contribution in [-0.4, -0.2) is 31.9 Å². The molecule has 1 heterocycles. The molecule has 0 saturated heterocycles. The largest absolute Gasteiger partial charge is 0.480 e. The molecule has 7 heteroatoms. The summed E-state index contributed by atoms with van der Waals surface area (Å²) in [7, 11) is 0. The third kappa shape index (κ3) is 3.87. The van der Waals surface area contributed by atoms with E-state index in [2.05, 4.69) is 10.00 Å². The van der Waals surface area contributed by atoms with Gasteiger partial charge in [0.15, 0.2) is 0 Å². The Morgan fingerprint density at radius 3 is 2.35 bits per heavy atom. The van der Waals surface area contributed by atoms with Crippen LogP contribution >= 0.6 is 0 Å². The van der Waals surface area contributed by atoms with Crippen molar-refractivity contribution >= 4 is 22.8 Å². The zero-order valence-electron chi connectivity index (χ0n) is 17.8. The first-order valence-corrected chi connectivity index (χ1v) is 10.7. The molecule has 1 saturated carbocycles. The molecule has 0 unspecified atom stereocenters. The molecule has 1 aliphatic rings. The number of carboxylic acids is 1. The lowest BCUT2D eigenvalue weighted by atomic mass is 9.95. The molecule has 0 atom stereocenters. The van der Waals surface area contributed by atoms with Crippen LogP contribution in [0.15, 0.2) is 53.3 Å². The van der Waals surface area contributed by atoms with Crippen molar-refractivity contribution < 1.29 is 14.7 Å². The molecule has 2 aromatic carbocycles. The van der Waals surface area contributed by atoms with Crippen LogP contribution in [-0.2, 0) is 4.79 Å². The molecule has 1 aliphatic carbocycles. The van der Waals surface area contributed by atoms with Gasteiger partial charge in [-0.3, -0.25) is 14.3 Å². The minimum absolute atomic E-state index is 0.182. The first-order valence-electron chi connectivity index (χ1n) is 10.7. The molecule has 0 aliphatic heterocycles. The predicted molar refractivity (Wildman–Crippen MR) is 119 cm³/mol. The van der Waals surface area contributed by atoms with Gasteiger partial charge in [-0.2, -0.15) is 0 Å². The van der Waals surface area contributed by atoms with E-state index in [-0.39, 0.29) is 17.2 Å². The highest BCUT2D eigenvalue weighted by atomic mass is 16.4. The number of rotatable bonds is 5. The third-order valence-corrected chi connectivity index (χ3v) is 6.03. The number of nitrogens with one attached hydrogen (secondary N) is 1. The van der Waals surface area contributed by atoms with E-state index in [0.717, 1.165) is 36.9 Å². The van der Waals surface area contributed by atoms with Crippen molar-refractivity contribution in [2.24, 2.45) is 0 Å². The van der Waals surface area contributed by atoms with Gasteiger partial charge in [-0.05, 0) is 57.0 Å². The third-order valence-electron chi connectivity index (χ3n) is 6.03. The molecule has 0 radical (unpaired) electrons. The van der Waals surface area contributed by atoms with E-state index >= 15 is 0 Å². The summed E-state index contributed by atoms with van der Waals surface area (Å²) in [5, 5.41) is 12.3. The second-order valence-electron chi connectivity index (χ2n) is 8.71. The van der Waals surface area contributed by atoms with E-state index in [1.54, 1.807) is 22.9 Å². The molecule has 1 amide bonds. The Balaban J connectivity index is 1.85. The van der Waals surface area contributed by atoms with Crippen LogP contribution in [0.25, 0.3) is 16.6 Å². The second kappa shape index (κ2) is 8.06. The molecule has 0 bridgehead atoms. The fourth-order valence-electron chi connectivity index (χ4n) is 4.27. The maximum Gasteiger partial charge on any atom is 0.328 e. The molecular formula is C24H27N3O4. The van der Waals surface area contributed by atoms with Crippen molar-refractivity contribution in [3.8, 4) is 5.69 Å². The minimum Gasteiger partial charge on any atom is -0.480 e. The van der Waals surface area contributed by atoms with Gasteiger partial charge in [0.1, 0.15) is 5.54 Å². The second-order valence-corrected chi connectivity index (χ2v) is 8.71. The van der Waals surface area contributed by atoms with Gasteiger partial charge >= 0.3 is 5.97 Å². The van der Waals surface area contributed by atoms with Gasteiger partial charge in [-0.1, -0.05) is 37.5 Å². The number of para-hydroxylation sites is 1. The van der Waals surface area contributed by atoms with Gasteiger partial charge in [0, 0.05) is 5.56 Å². The molecular weight excluding hydrogens is 394 g/mol. The lowest BCUT2D eigenvalue weighted by molar-refractivity contribution is -0.143. The van der Waals surface area contributed by atoms with Gasteiger partial charge in [0.05, 0.1) is 22.6 Å². The predicted octanol–water partition coefficient (Wildman–Crippen LogP) is 3.89. The lowest BCUT2D eigenvalue weighted by Gasteiger charge is -2.26. The van der Waals surface area contributed by atoms with E-state index in [1.807, 2.05) is 30.3 Å². The number of amides is 1. The minimum atomic E-state index is -1.41. The number of hydrogen-bond acceptors (Lipinski definition) is 3. The number of aromatic nitrogens is 2. The van der Waals surface area contributed by atoms with Crippen LogP contribution in [0.5, 0.6) is 0 Å². The fourth-order valence-corrected chi connectivity index (χ4v) is 4.27. The molecule has 3 aromatic rings. The number of carbonyl (C=O) groups excluding carboxylic acids is 1. The van der Waals surface area contributed by atoms with Gasteiger partial charge in [0.2, 0.25) is 0 Å². The monoisotopic (exact) mass is 421 g/mol. The summed E-state index contributed by atoms with van der Waals surface area (Å²) in [4.78, 5) is 37.5. The Bertz CT molecular complexity index is 1180. The van der Waals surface area contributed by atoms with Crippen molar-refractivity contribution in [3.63, 3.8) is 0 Å². The van der Waals surface area contributed by atoms with E-state index in [0.29, 0.717) is 5.39 Å². The molecule has 31 heavy (non-hydrogen) atoms. The molecule has 1 fully saturated rings. The number of carboxylic acid groups (broad SMARTS) is 1. The van der Waals surface area contributed by atoms with Crippen molar-refractivity contribution in [1.29, 1.82) is 0 Å². The van der Waals surface area contributed by atoms with Crippen LogP contribution in [0.1, 0.15) is 62.4 Å². The first-order chi connectivity index (χ1) is 14.8. The summed E-state index contributed by atoms with van der Waals surface area (Å²) >= 11 is 0. The van der Waals surface area contributed by atoms with Gasteiger partial charge < -0.3 is 10.4 Å². The molecule has 1 aromatic heterocycles. The molecule has 162 valence electrons. The normalized spacial score (nSPS) is 15.2. The average molecular weight is 421 g/mol. The number of nitrogens with zero attached hydrogens (tertiary/aromatic N) is 2. The zero-order chi connectivity index (χ0) is 22.2. The Morgan fingerprint density at radius 2 is 1.71 bits per heavy atom. The van der Waals surface area contributed by atoms with E-state index in [9.17, 15) is 19.5 Å². The summed E-state index contributed by atoms with van der Waals surface area (Å²) in [6.07, 6.45) is 5.46. The lowest BCUT2D eigenvalue weighted by Crippen LogP contribution is -2.49. The van der Waals surface area contributed by atoms with Crippen LogP contribution in [0.2, 0.25) is 0 Å². The number of aliphatic carboxylic acids is 1. The van der Waals surface area contributed by atoms with Crippen molar-refractivity contribution in [3.05, 3.63) is 64.4 Å². The van der Waals surface area contributed by atoms with Crippen LogP contribution < -0.4 is 10.9 Å². The standard InChI is InChI=1S/C24H27N3O4/c1-24(2,23(30)31)25-21(28)16-13-14-20-19(15-16)22(29)27(18-11-7-4-8-12-18)26(20)17-9-5-3-6-10-17/h4,7-8,11-15,17H,3,5-6,9-10H2,1-2H3,(H,25,28)(H,30,31). The Kier molecular flexibility index (Phi) is 5.43. The summed E-state index contributed by atoms with van der Waals surface area (Å²) in [5.41, 5.74) is 0.241. The van der Waals surface area contributed by atoms with Crippen LogP contribution in [0.3, 0.4) is 0 Å². The topological polar surface area (TPSA) is 93.3 Å².